The van der Waals surface area contributed by atoms with Crippen LogP contribution in [0, 0.1) is 5.92 Å². The molecule has 8 heteroatoms. The first-order valence-corrected chi connectivity index (χ1v) is 10.3. The van der Waals surface area contributed by atoms with Crippen molar-refractivity contribution in [3.8, 4) is 0 Å². The van der Waals surface area contributed by atoms with Crippen molar-refractivity contribution in [2.24, 2.45) is 5.92 Å². The fraction of sp³-hybridized carbons (Fsp3) is 0.409. The molecule has 1 fully saturated rings. The molecular formula is C22H26N4O4. The predicted octanol–water partition coefficient (Wildman–Crippen LogP) is 1.69. The molecular weight excluding hydrogens is 384 g/mol. The number of nitrogens with one attached hydrogen (secondary N) is 2. The normalized spacial score (nSPS) is 19.8. The Labute approximate surface area is 173 Å². The number of aromatic nitrogens is 3. The summed E-state index contributed by atoms with van der Waals surface area (Å²) >= 11 is 0. The molecule has 1 aliphatic rings. The van der Waals surface area contributed by atoms with Gasteiger partial charge < -0.3 is 19.6 Å². The number of ether oxygens (including phenoxy) is 1. The Kier molecular flexibility index (Phi) is 5.85. The summed E-state index contributed by atoms with van der Waals surface area (Å²) in [7, 11) is 0. The highest BCUT2D eigenvalue weighted by Gasteiger charge is 2.36. The molecule has 1 aromatic carbocycles. The molecule has 0 radical (unpaired) electrons. The number of carbonyl (C=O) groups excluding carboxylic acids is 1. The summed E-state index contributed by atoms with van der Waals surface area (Å²) in [6.45, 7) is 4.23. The maximum absolute atomic E-state index is 12.7. The number of likely N-dealkylation sites (tertiary alicyclic amines) is 1. The zero-order chi connectivity index (χ0) is 21.1. The van der Waals surface area contributed by atoms with Crippen LogP contribution in [0.1, 0.15) is 25.0 Å². The van der Waals surface area contributed by atoms with Crippen molar-refractivity contribution in [3.05, 3.63) is 69.1 Å². The summed E-state index contributed by atoms with van der Waals surface area (Å²) in [6.07, 6.45) is 2.66. The van der Waals surface area contributed by atoms with Crippen LogP contribution in [-0.4, -0.2) is 51.6 Å². The Morgan fingerprint density at radius 3 is 2.77 bits per heavy atom. The molecule has 4 rings (SSSR count). The largest absolute Gasteiger partial charge is 0.466 e. The molecule has 0 amide bonds. The van der Waals surface area contributed by atoms with Crippen LogP contribution in [-0.2, 0) is 16.1 Å². The molecule has 0 bridgehead atoms. The van der Waals surface area contributed by atoms with Gasteiger partial charge in [0.2, 0.25) is 0 Å². The van der Waals surface area contributed by atoms with Crippen LogP contribution >= 0.6 is 0 Å². The van der Waals surface area contributed by atoms with Crippen LogP contribution in [0.15, 0.2) is 52.2 Å². The second kappa shape index (κ2) is 8.71. The zero-order valence-electron chi connectivity index (χ0n) is 17.0. The molecule has 8 nitrogen and oxygen atoms in total. The number of esters is 1. The minimum absolute atomic E-state index is 0.0714. The minimum Gasteiger partial charge on any atom is -0.466 e. The van der Waals surface area contributed by atoms with Crippen LogP contribution in [0.3, 0.4) is 0 Å². The van der Waals surface area contributed by atoms with E-state index in [4.69, 9.17) is 4.74 Å². The van der Waals surface area contributed by atoms with Gasteiger partial charge in [0.25, 0.3) is 5.56 Å². The summed E-state index contributed by atoms with van der Waals surface area (Å²) in [5.74, 6) is -0.423. The number of carbonyl (C=O) groups is 1. The number of nitrogens with zero attached hydrogens (tertiary/aromatic N) is 2. The summed E-state index contributed by atoms with van der Waals surface area (Å²) in [5.41, 5.74) is 0.868. The number of para-hydroxylation sites is 1. The first kappa shape index (κ1) is 20.2. The zero-order valence-corrected chi connectivity index (χ0v) is 17.0. The van der Waals surface area contributed by atoms with Gasteiger partial charge in [0, 0.05) is 37.4 Å². The average molecular weight is 410 g/mol. The lowest BCUT2D eigenvalue weighted by molar-refractivity contribution is -0.150. The maximum Gasteiger partial charge on any atom is 0.328 e. The van der Waals surface area contributed by atoms with Crippen molar-refractivity contribution in [3.63, 3.8) is 0 Å². The standard InChI is InChI=1S/C22H26N4O4/c1-2-30-21(28)17-14-25(11-9-15(17)18-8-5-10-23-18)12-13-26-20(27)16-6-3-4-7-19(16)24-22(26)29/h3-8,10,15,17,23H,2,9,11-14H2,1H3,(H,24,29)/t15?,17-/m1/s1. The van der Waals surface area contributed by atoms with E-state index >= 15 is 0 Å². The van der Waals surface area contributed by atoms with Gasteiger partial charge in [-0.25, -0.2) is 4.79 Å². The minimum atomic E-state index is -0.415. The first-order chi connectivity index (χ1) is 14.6. The number of piperidine rings is 1. The summed E-state index contributed by atoms with van der Waals surface area (Å²) < 4.78 is 6.55. The topological polar surface area (TPSA) is 100 Å². The molecule has 2 aromatic heterocycles. The number of H-pyrrole nitrogens is 2. The lowest BCUT2D eigenvalue weighted by Crippen LogP contribution is -2.46. The molecule has 2 N–H and O–H groups in total. The van der Waals surface area contributed by atoms with Gasteiger partial charge >= 0.3 is 11.7 Å². The fourth-order valence-electron chi connectivity index (χ4n) is 4.30. The molecule has 1 saturated heterocycles. The van der Waals surface area contributed by atoms with Crippen molar-refractivity contribution >= 4 is 16.9 Å². The van der Waals surface area contributed by atoms with Crippen molar-refractivity contribution in [2.75, 3.05) is 26.2 Å². The van der Waals surface area contributed by atoms with Gasteiger partial charge in [0.05, 0.1) is 23.4 Å². The molecule has 3 heterocycles. The van der Waals surface area contributed by atoms with E-state index in [9.17, 15) is 14.4 Å². The second-order valence-electron chi connectivity index (χ2n) is 7.61. The smallest absolute Gasteiger partial charge is 0.328 e. The van der Waals surface area contributed by atoms with Crippen molar-refractivity contribution < 1.29 is 9.53 Å². The highest BCUT2D eigenvalue weighted by molar-refractivity contribution is 5.77. The second-order valence-corrected chi connectivity index (χ2v) is 7.61. The number of aromatic amines is 2. The molecule has 30 heavy (non-hydrogen) atoms. The molecule has 158 valence electrons. The monoisotopic (exact) mass is 410 g/mol. The van der Waals surface area contributed by atoms with Crippen molar-refractivity contribution in [2.45, 2.75) is 25.8 Å². The van der Waals surface area contributed by atoms with Gasteiger partial charge in [-0.2, -0.15) is 0 Å². The molecule has 1 aliphatic heterocycles. The van der Waals surface area contributed by atoms with Gasteiger partial charge in [0.15, 0.2) is 0 Å². The van der Waals surface area contributed by atoms with E-state index in [1.165, 1.54) is 4.57 Å². The van der Waals surface area contributed by atoms with Crippen molar-refractivity contribution in [1.82, 2.24) is 19.4 Å². The maximum atomic E-state index is 12.7. The third-order valence-corrected chi connectivity index (χ3v) is 5.84. The van der Waals surface area contributed by atoms with Gasteiger partial charge in [-0.3, -0.25) is 14.2 Å². The van der Waals surface area contributed by atoms with E-state index in [1.807, 2.05) is 18.3 Å². The van der Waals surface area contributed by atoms with E-state index in [0.717, 1.165) is 18.7 Å². The van der Waals surface area contributed by atoms with E-state index in [2.05, 4.69) is 14.9 Å². The van der Waals surface area contributed by atoms with E-state index in [1.54, 1.807) is 31.2 Å². The number of benzene rings is 1. The Hall–Kier alpha value is -3.13. The lowest BCUT2D eigenvalue weighted by atomic mass is 9.83. The molecule has 0 spiro atoms. The van der Waals surface area contributed by atoms with Gasteiger partial charge in [-0.1, -0.05) is 12.1 Å². The number of fused-ring (bicyclic) bond motifs is 1. The third-order valence-electron chi connectivity index (χ3n) is 5.84. The van der Waals surface area contributed by atoms with Gasteiger partial charge in [-0.15, -0.1) is 0 Å². The quantitative estimate of drug-likeness (QED) is 0.603. The summed E-state index contributed by atoms with van der Waals surface area (Å²) in [5, 5.41) is 0.493. The van der Waals surface area contributed by atoms with Crippen LogP contribution < -0.4 is 11.2 Å². The van der Waals surface area contributed by atoms with E-state index in [-0.39, 0.29) is 29.9 Å². The van der Waals surface area contributed by atoms with E-state index < -0.39 is 5.69 Å². The Morgan fingerprint density at radius 2 is 2.00 bits per heavy atom. The highest BCUT2D eigenvalue weighted by Crippen LogP contribution is 2.33. The number of hydrogen-bond donors (Lipinski definition) is 2. The fourth-order valence-corrected chi connectivity index (χ4v) is 4.30. The molecule has 2 atom stereocenters. The lowest BCUT2D eigenvalue weighted by Gasteiger charge is -2.37. The molecule has 0 aliphatic carbocycles. The predicted molar refractivity (Wildman–Crippen MR) is 114 cm³/mol. The van der Waals surface area contributed by atoms with Crippen molar-refractivity contribution in [1.29, 1.82) is 0 Å². The van der Waals surface area contributed by atoms with Crippen LogP contribution in [0.5, 0.6) is 0 Å². The molecule has 0 saturated carbocycles. The molecule has 1 unspecified atom stereocenters. The Balaban J connectivity index is 1.51. The highest BCUT2D eigenvalue weighted by atomic mass is 16.5. The summed E-state index contributed by atoms with van der Waals surface area (Å²) in [4.78, 5) is 45.9. The van der Waals surface area contributed by atoms with E-state index in [0.29, 0.717) is 30.6 Å². The molecule has 3 aromatic rings. The van der Waals surface area contributed by atoms with Crippen LogP contribution in [0.2, 0.25) is 0 Å². The van der Waals surface area contributed by atoms with Gasteiger partial charge in [-0.05, 0) is 44.2 Å². The third kappa shape index (κ3) is 3.95. The number of hydrogen-bond acceptors (Lipinski definition) is 5. The Bertz CT molecular complexity index is 1130. The van der Waals surface area contributed by atoms with Crippen LogP contribution in [0.4, 0.5) is 0 Å². The van der Waals surface area contributed by atoms with Crippen LogP contribution in [0.25, 0.3) is 10.9 Å². The first-order valence-electron chi connectivity index (χ1n) is 10.3. The Morgan fingerprint density at radius 1 is 1.17 bits per heavy atom. The average Bonchev–Trinajstić information content (AvgIpc) is 3.28. The number of rotatable bonds is 6. The van der Waals surface area contributed by atoms with Gasteiger partial charge in [0.1, 0.15) is 0 Å². The summed E-state index contributed by atoms with van der Waals surface area (Å²) in [6, 6.07) is 10.9. The SMILES string of the molecule is CCOC(=O)[C@@H]1CN(CCn2c(=O)[nH]c3ccccc3c2=O)CCC1c1ccc[nH]1.